The fraction of sp³-hybridized carbons (Fsp3) is 0.308. The van der Waals surface area contributed by atoms with E-state index in [1.54, 1.807) is 19.4 Å². The first-order chi connectivity index (χ1) is 9.20. The minimum atomic E-state index is -0.352. The van der Waals surface area contributed by atoms with Crippen molar-refractivity contribution >= 4 is 11.6 Å². The minimum absolute atomic E-state index is 0.352. The lowest BCUT2D eigenvalue weighted by Crippen LogP contribution is -2.19. The van der Waals surface area contributed by atoms with E-state index in [-0.39, 0.29) is 5.82 Å². The van der Waals surface area contributed by atoms with Gasteiger partial charge in [-0.25, -0.2) is 9.37 Å². The molecule has 2 N–H and O–H groups in total. The van der Waals surface area contributed by atoms with E-state index < -0.39 is 0 Å². The first-order valence-corrected chi connectivity index (χ1v) is 6.27. The van der Waals surface area contributed by atoms with E-state index >= 15 is 0 Å². The lowest BCUT2D eigenvalue weighted by molar-refractivity contribution is 0.199. The SMILES string of the molecule is COCCNCc1ncc(-c2ccc(F)cc2Cl)[nH]1. The molecule has 0 radical (unpaired) electrons. The number of hydrogen-bond donors (Lipinski definition) is 2. The van der Waals surface area contributed by atoms with Crippen LogP contribution in [-0.2, 0) is 11.3 Å². The van der Waals surface area contributed by atoms with E-state index in [2.05, 4.69) is 15.3 Å². The summed E-state index contributed by atoms with van der Waals surface area (Å²) < 4.78 is 17.9. The summed E-state index contributed by atoms with van der Waals surface area (Å²) in [5.74, 6) is 0.446. The number of aromatic amines is 1. The van der Waals surface area contributed by atoms with Gasteiger partial charge in [0.1, 0.15) is 11.6 Å². The molecule has 0 aliphatic carbocycles. The Bertz CT molecular complexity index is 544. The van der Waals surface area contributed by atoms with Crippen molar-refractivity contribution in [3.8, 4) is 11.3 Å². The number of nitrogens with zero attached hydrogens (tertiary/aromatic N) is 1. The van der Waals surface area contributed by atoms with Gasteiger partial charge < -0.3 is 15.0 Å². The van der Waals surface area contributed by atoms with E-state index in [0.717, 1.165) is 23.6 Å². The second kappa shape index (κ2) is 6.65. The molecule has 0 bridgehead atoms. The summed E-state index contributed by atoms with van der Waals surface area (Å²) in [5, 5.41) is 3.54. The van der Waals surface area contributed by atoms with E-state index in [1.165, 1.54) is 12.1 Å². The molecule has 1 heterocycles. The van der Waals surface area contributed by atoms with Gasteiger partial charge in [-0.2, -0.15) is 0 Å². The molecule has 1 aromatic carbocycles. The Hall–Kier alpha value is -1.43. The highest BCUT2D eigenvalue weighted by molar-refractivity contribution is 6.33. The second-order valence-corrected chi connectivity index (χ2v) is 4.44. The normalized spacial score (nSPS) is 10.9. The quantitative estimate of drug-likeness (QED) is 0.801. The summed E-state index contributed by atoms with van der Waals surface area (Å²) in [7, 11) is 1.66. The summed E-state index contributed by atoms with van der Waals surface area (Å²) in [6.45, 7) is 2.02. The molecule has 0 fully saturated rings. The van der Waals surface area contributed by atoms with Gasteiger partial charge in [0, 0.05) is 19.2 Å². The molecule has 0 amide bonds. The maximum absolute atomic E-state index is 13.0. The number of methoxy groups -OCH3 is 1. The lowest BCUT2D eigenvalue weighted by atomic mass is 10.2. The van der Waals surface area contributed by atoms with Gasteiger partial charge in [0.05, 0.1) is 30.1 Å². The number of H-pyrrole nitrogens is 1. The molecule has 0 unspecified atom stereocenters. The Labute approximate surface area is 116 Å². The van der Waals surface area contributed by atoms with Crippen LogP contribution in [0.4, 0.5) is 4.39 Å². The van der Waals surface area contributed by atoms with Gasteiger partial charge in [0.2, 0.25) is 0 Å². The maximum Gasteiger partial charge on any atom is 0.124 e. The number of nitrogens with one attached hydrogen (secondary N) is 2. The third kappa shape index (κ3) is 3.76. The minimum Gasteiger partial charge on any atom is -0.383 e. The monoisotopic (exact) mass is 283 g/mol. The molecule has 19 heavy (non-hydrogen) atoms. The van der Waals surface area contributed by atoms with Gasteiger partial charge in [-0.1, -0.05) is 11.6 Å². The zero-order chi connectivity index (χ0) is 13.7. The van der Waals surface area contributed by atoms with Crippen molar-refractivity contribution in [1.82, 2.24) is 15.3 Å². The topological polar surface area (TPSA) is 49.9 Å². The van der Waals surface area contributed by atoms with Gasteiger partial charge in [0.25, 0.3) is 0 Å². The van der Waals surface area contributed by atoms with E-state index in [4.69, 9.17) is 16.3 Å². The number of hydrogen-bond acceptors (Lipinski definition) is 3. The third-order valence-corrected chi connectivity index (χ3v) is 2.94. The summed E-state index contributed by atoms with van der Waals surface area (Å²) in [5.41, 5.74) is 1.51. The molecule has 0 aliphatic heterocycles. The molecule has 0 saturated carbocycles. The zero-order valence-electron chi connectivity index (χ0n) is 10.5. The number of halogens is 2. The first kappa shape index (κ1) is 14.0. The Morgan fingerprint density at radius 1 is 1.47 bits per heavy atom. The highest BCUT2D eigenvalue weighted by atomic mass is 35.5. The fourth-order valence-electron chi connectivity index (χ4n) is 1.68. The molecule has 2 aromatic rings. The number of ether oxygens (including phenoxy) is 1. The Morgan fingerprint density at radius 3 is 3.05 bits per heavy atom. The van der Waals surface area contributed by atoms with Crippen molar-refractivity contribution in [1.29, 1.82) is 0 Å². The Morgan fingerprint density at radius 2 is 2.32 bits per heavy atom. The summed E-state index contributed by atoms with van der Waals surface area (Å²) in [4.78, 5) is 7.39. The standard InChI is InChI=1S/C13H15ClFN3O/c1-19-5-4-16-8-13-17-7-12(18-13)10-3-2-9(15)6-11(10)14/h2-3,6-7,16H,4-5,8H2,1H3,(H,17,18). The lowest BCUT2D eigenvalue weighted by Gasteiger charge is -2.02. The van der Waals surface area contributed by atoms with Crippen molar-refractivity contribution in [3.05, 3.63) is 41.1 Å². The fourth-order valence-corrected chi connectivity index (χ4v) is 1.95. The predicted molar refractivity (Wildman–Crippen MR) is 72.6 cm³/mol. The molecule has 4 nitrogen and oxygen atoms in total. The van der Waals surface area contributed by atoms with Gasteiger partial charge in [0.15, 0.2) is 0 Å². The smallest absolute Gasteiger partial charge is 0.124 e. The Balaban J connectivity index is 2.04. The molecule has 1 aromatic heterocycles. The second-order valence-electron chi connectivity index (χ2n) is 4.04. The summed E-state index contributed by atoms with van der Waals surface area (Å²) >= 11 is 6.00. The molecule has 0 atom stereocenters. The van der Waals surface area contributed by atoms with Crippen molar-refractivity contribution in [3.63, 3.8) is 0 Å². The summed E-state index contributed by atoms with van der Waals surface area (Å²) in [6, 6.07) is 4.29. The van der Waals surface area contributed by atoms with Crippen LogP contribution in [0.3, 0.4) is 0 Å². The van der Waals surface area contributed by atoms with Crippen LogP contribution >= 0.6 is 11.6 Å². The Kier molecular flexibility index (Phi) is 4.90. The van der Waals surface area contributed by atoms with Crippen LogP contribution in [-0.4, -0.2) is 30.2 Å². The average Bonchev–Trinajstić information content (AvgIpc) is 2.83. The van der Waals surface area contributed by atoms with Crippen LogP contribution in [0.2, 0.25) is 5.02 Å². The molecule has 0 spiro atoms. The molecule has 0 aliphatic rings. The number of imidazole rings is 1. The van der Waals surface area contributed by atoms with Crippen molar-refractivity contribution < 1.29 is 9.13 Å². The largest absolute Gasteiger partial charge is 0.383 e. The first-order valence-electron chi connectivity index (χ1n) is 5.89. The van der Waals surface area contributed by atoms with Crippen molar-refractivity contribution in [2.24, 2.45) is 0 Å². The van der Waals surface area contributed by atoms with Crippen LogP contribution in [0.25, 0.3) is 11.3 Å². The molecular weight excluding hydrogens is 269 g/mol. The van der Waals surface area contributed by atoms with Crippen LogP contribution in [0, 0.1) is 5.82 Å². The van der Waals surface area contributed by atoms with Gasteiger partial charge in [-0.3, -0.25) is 0 Å². The zero-order valence-corrected chi connectivity index (χ0v) is 11.3. The van der Waals surface area contributed by atoms with Gasteiger partial charge in [-0.05, 0) is 18.2 Å². The average molecular weight is 284 g/mol. The molecular formula is C13H15ClFN3O. The van der Waals surface area contributed by atoms with Crippen LogP contribution in [0.1, 0.15) is 5.82 Å². The molecule has 102 valence electrons. The third-order valence-electron chi connectivity index (χ3n) is 2.63. The number of benzene rings is 1. The van der Waals surface area contributed by atoms with Crippen molar-refractivity contribution in [2.45, 2.75) is 6.54 Å². The van der Waals surface area contributed by atoms with Gasteiger partial charge in [-0.15, -0.1) is 0 Å². The predicted octanol–water partition coefficient (Wildman–Crippen LogP) is 2.61. The van der Waals surface area contributed by atoms with E-state index in [9.17, 15) is 4.39 Å². The molecule has 6 heteroatoms. The molecule has 0 saturated heterocycles. The van der Waals surface area contributed by atoms with Gasteiger partial charge >= 0.3 is 0 Å². The van der Waals surface area contributed by atoms with Crippen LogP contribution in [0.15, 0.2) is 24.4 Å². The van der Waals surface area contributed by atoms with E-state index in [1.807, 2.05) is 0 Å². The maximum atomic E-state index is 13.0. The number of rotatable bonds is 6. The number of aromatic nitrogens is 2. The van der Waals surface area contributed by atoms with E-state index in [0.29, 0.717) is 18.2 Å². The highest BCUT2D eigenvalue weighted by Crippen LogP contribution is 2.26. The summed E-state index contributed by atoms with van der Waals surface area (Å²) in [6.07, 6.45) is 1.69. The van der Waals surface area contributed by atoms with Crippen LogP contribution < -0.4 is 5.32 Å². The van der Waals surface area contributed by atoms with Crippen molar-refractivity contribution in [2.75, 3.05) is 20.3 Å². The molecule has 2 rings (SSSR count). The van der Waals surface area contributed by atoms with Crippen LogP contribution in [0.5, 0.6) is 0 Å². The highest BCUT2D eigenvalue weighted by Gasteiger charge is 2.08.